The molecule has 0 aromatic rings. The molecule has 4 atom stereocenters. The third-order valence-corrected chi connectivity index (χ3v) is 9.33. The topological polar surface area (TPSA) is 27.7 Å². The van der Waals surface area contributed by atoms with Crippen LogP contribution < -0.4 is 0 Å². The molecule has 2 rings (SSSR count). The minimum absolute atomic E-state index is 0.286. The molecular formula is C36H70O3. The van der Waals surface area contributed by atoms with E-state index in [0.29, 0.717) is 12.2 Å². The summed E-state index contributed by atoms with van der Waals surface area (Å²) in [6.07, 6.45) is 39.7. The minimum atomic E-state index is 0.286. The maximum Gasteiger partial charge on any atom is 0.0858 e. The molecule has 2 heterocycles. The van der Waals surface area contributed by atoms with Crippen LogP contribution >= 0.6 is 0 Å². The Hall–Kier alpha value is -0.120. The number of hydrogen-bond donors (Lipinski definition) is 0. The van der Waals surface area contributed by atoms with Crippen LogP contribution in [0.15, 0.2) is 0 Å². The second-order valence-corrected chi connectivity index (χ2v) is 13.0. The summed E-state index contributed by atoms with van der Waals surface area (Å²) in [5, 5.41) is 0. The predicted octanol–water partition coefficient (Wildman–Crippen LogP) is 11.5. The molecule has 2 saturated heterocycles. The first-order chi connectivity index (χ1) is 19.3. The lowest BCUT2D eigenvalue weighted by atomic mass is 9.96. The summed E-state index contributed by atoms with van der Waals surface area (Å²) in [6.45, 7) is 6.45. The van der Waals surface area contributed by atoms with Gasteiger partial charge in [-0.3, -0.25) is 0 Å². The Bertz CT molecular complexity index is 458. The van der Waals surface area contributed by atoms with Crippen molar-refractivity contribution >= 4 is 0 Å². The Labute approximate surface area is 245 Å². The molecule has 0 aromatic carbocycles. The van der Waals surface area contributed by atoms with E-state index in [2.05, 4.69) is 13.8 Å². The zero-order valence-corrected chi connectivity index (χ0v) is 26.7. The van der Waals surface area contributed by atoms with Crippen LogP contribution in [-0.4, -0.2) is 37.6 Å². The van der Waals surface area contributed by atoms with E-state index in [-0.39, 0.29) is 12.2 Å². The molecule has 2 aliphatic heterocycles. The Morgan fingerprint density at radius 3 is 0.923 bits per heavy atom. The lowest BCUT2D eigenvalue weighted by Crippen LogP contribution is -2.47. The van der Waals surface area contributed by atoms with Crippen molar-refractivity contribution in [2.75, 3.05) is 13.2 Å². The van der Waals surface area contributed by atoms with Gasteiger partial charge in [-0.2, -0.15) is 0 Å². The standard InChI is InChI=1S/C36H70O3/c1-3-5-7-9-11-13-15-17-19-21-23-25-27-35(33-29-31-37-33)39-36(34-30-32-38-34)28-26-24-22-20-18-16-14-12-10-8-6-4-2/h33-36H,3-32H2,1-2H3. The number of hydrogen-bond acceptors (Lipinski definition) is 3. The van der Waals surface area contributed by atoms with Crippen LogP contribution in [0.2, 0.25) is 0 Å². The number of unbranched alkanes of at least 4 members (excludes halogenated alkanes) is 22. The van der Waals surface area contributed by atoms with Gasteiger partial charge in [-0.15, -0.1) is 0 Å². The fraction of sp³-hybridized carbons (Fsp3) is 1.00. The molecule has 0 aliphatic carbocycles. The fourth-order valence-corrected chi connectivity index (χ4v) is 6.37. The van der Waals surface area contributed by atoms with Gasteiger partial charge in [0.25, 0.3) is 0 Å². The summed E-state index contributed by atoms with van der Waals surface area (Å²) < 4.78 is 18.7. The van der Waals surface area contributed by atoms with Crippen molar-refractivity contribution in [3.05, 3.63) is 0 Å². The lowest BCUT2D eigenvalue weighted by molar-refractivity contribution is -0.202. The van der Waals surface area contributed by atoms with Crippen LogP contribution in [0.1, 0.15) is 194 Å². The third-order valence-electron chi connectivity index (χ3n) is 9.33. The SMILES string of the molecule is CCCCCCCCCCCCCCC(OC(CCCCCCCCCCCCCC)C1CCO1)C1CCO1. The minimum Gasteiger partial charge on any atom is -0.375 e. The van der Waals surface area contributed by atoms with E-state index in [4.69, 9.17) is 14.2 Å². The van der Waals surface area contributed by atoms with Gasteiger partial charge >= 0.3 is 0 Å². The highest BCUT2D eigenvalue weighted by Crippen LogP contribution is 2.29. The highest BCUT2D eigenvalue weighted by molar-refractivity contribution is 4.83. The van der Waals surface area contributed by atoms with Crippen LogP contribution in [0.5, 0.6) is 0 Å². The van der Waals surface area contributed by atoms with Crippen LogP contribution in [0.3, 0.4) is 0 Å². The summed E-state index contributed by atoms with van der Waals surface area (Å²) in [4.78, 5) is 0. The second kappa shape index (κ2) is 25.6. The highest BCUT2D eigenvalue weighted by atomic mass is 16.6. The molecule has 0 N–H and O–H groups in total. The molecule has 0 spiro atoms. The molecule has 0 radical (unpaired) electrons. The van der Waals surface area contributed by atoms with E-state index in [9.17, 15) is 0 Å². The van der Waals surface area contributed by atoms with Crippen LogP contribution in [0.25, 0.3) is 0 Å². The van der Waals surface area contributed by atoms with Gasteiger partial charge in [-0.25, -0.2) is 0 Å². The highest BCUT2D eigenvalue weighted by Gasteiger charge is 2.35. The van der Waals surface area contributed by atoms with Crippen molar-refractivity contribution in [2.24, 2.45) is 0 Å². The van der Waals surface area contributed by atoms with Gasteiger partial charge < -0.3 is 14.2 Å². The van der Waals surface area contributed by atoms with Crippen molar-refractivity contribution in [1.82, 2.24) is 0 Å². The molecule has 3 nitrogen and oxygen atoms in total. The van der Waals surface area contributed by atoms with Gasteiger partial charge in [0.05, 0.1) is 24.4 Å². The van der Waals surface area contributed by atoms with E-state index in [0.717, 1.165) is 13.2 Å². The molecule has 3 heteroatoms. The average Bonchev–Trinajstić information content (AvgIpc) is 2.87. The van der Waals surface area contributed by atoms with Crippen molar-refractivity contribution in [3.63, 3.8) is 0 Å². The lowest BCUT2D eigenvalue weighted by Gasteiger charge is -2.40. The maximum atomic E-state index is 6.81. The van der Waals surface area contributed by atoms with E-state index in [1.54, 1.807) is 0 Å². The fourth-order valence-electron chi connectivity index (χ4n) is 6.37. The van der Waals surface area contributed by atoms with Gasteiger partial charge in [-0.1, -0.05) is 168 Å². The summed E-state index contributed by atoms with van der Waals surface area (Å²) in [7, 11) is 0. The Kier molecular flexibility index (Phi) is 23.0. The molecule has 232 valence electrons. The van der Waals surface area contributed by atoms with Gasteiger partial charge in [0, 0.05) is 13.2 Å². The Balaban J connectivity index is 1.51. The molecule has 2 fully saturated rings. The van der Waals surface area contributed by atoms with Crippen molar-refractivity contribution in [3.8, 4) is 0 Å². The first kappa shape index (κ1) is 35.1. The second-order valence-electron chi connectivity index (χ2n) is 13.0. The first-order valence-electron chi connectivity index (χ1n) is 18.2. The quantitative estimate of drug-likeness (QED) is 0.0832. The van der Waals surface area contributed by atoms with Crippen LogP contribution in [-0.2, 0) is 14.2 Å². The third kappa shape index (κ3) is 18.1. The Morgan fingerprint density at radius 2 is 0.692 bits per heavy atom. The number of rotatable bonds is 30. The van der Waals surface area contributed by atoms with Crippen molar-refractivity contribution < 1.29 is 14.2 Å². The summed E-state index contributed by atoms with van der Waals surface area (Å²) >= 11 is 0. The van der Waals surface area contributed by atoms with E-state index in [1.807, 2.05) is 0 Å². The maximum absolute atomic E-state index is 6.81. The normalized spacial score (nSPS) is 20.5. The molecule has 4 unspecified atom stereocenters. The predicted molar refractivity (Wildman–Crippen MR) is 169 cm³/mol. The largest absolute Gasteiger partial charge is 0.375 e. The molecule has 39 heavy (non-hydrogen) atoms. The van der Waals surface area contributed by atoms with Gasteiger partial charge in [0.15, 0.2) is 0 Å². The van der Waals surface area contributed by atoms with Gasteiger partial charge in [0.2, 0.25) is 0 Å². The van der Waals surface area contributed by atoms with E-state index >= 15 is 0 Å². The molecule has 0 aromatic heterocycles. The molecular weight excluding hydrogens is 480 g/mol. The monoisotopic (exact) mass is 551 g/mol. The first-order valence-corrected chi connectivity index (χ1v) is 18.2. The van der Waals surface area contributed by atoms with Crippen molar-refractivity contribution in [2.45, 2.75) is 218 Å². The summed E-state index contributed by atoms with van der Waals surface area (Å²) in [6, 6.07) is 0. The summed E-state index contributed by atoms with van der Waals surface area (Å²) in [5.41, 5.74) is 0. The molecule has 2 aliphatic rings. The average molecular weight is 551 g/mol. The molecule has 0 saturated carbocycles. The van der Waals surface area contributed by atoms with Crippen LogP contribution in [0.4, 0.5) is 0 Å². The summed E-state index contributed by atoms with van der Waals surface area (Å²) in [5.74, 6) is 0. The Morgan fingerprint density at radius 1 is 0.436 bits per heavy atom. The van der Waals surface area contributed by atoms with Crippen LogP contribution in [0, 0.1) is 0 Å². The van der Waals surface area contributed by atoms with E-state index < -0.39 is 0 Å². The zero-order valence-electron chi connectivity index (χ0n) is 26.7. The zero-order chi connectivity index (χ0) is 27.6. The van der Waals surface area contributed by atoms with E-state index in [1.165, 1.54) is 180 Å². The molecule has 0 bridgehead atoms. The number of ether oxygens (including phenoxy) is 3. The van der Waals surface area contributed by atoms with Gasteiger partial charge in [0.1, 0.15) is 0 Å². The smallest absolute Gasteiger partial charge is 0.0858 e. The van der Waals surface area contributed by atoms with Crippen molar-refractivity contribution in [1.29, 1.82) is 0 Å². The molecule has 0 amide bonds. The van der Waals surface area contributed by atoms with Gasteiger partial charge in [-0.05, 0) is 25.7 Å².